The molecule has 184 valence electrons. The summed E-state index contributed by atoms with van der Waals surface area (Å²) >= 11 is 0. The Kier molecular flexibility index (Phi) is 8.61. The highest BCUT2D eigenvalue weighted by Crippen LogP contribution is 2.25. The van der Waals surface area contributed by atoms with E-state index >= 15 is 0 Å². The van der Waals surface area contributed by atoms with Gasteiger partial charge in [0.1, 0.15) is 25.1 Å². The fraction of sp³-hybridized carbons (Fsp3) is 0. The zero-order chi connectivity index (χ0) is 26.7. The summed E-state index contributed by atoms with van der Waals surface area (Å²) in [4.78, 5) is 42.4. The Morgan fingerprint density at radius 3 is 0.500 bits per heavy atom. The first kappa shape index (κ1) is 25.9. The van der Waals surface area contributed by atoms with Gasteiger partial charge in [0, 0.05) is 22.3 Å². The summed E-state index contributed by atoms with van der Waals surface area (Å²) in [5.74, 6) is 0. The van der Waals surface area contributed by atoms with E-state index in [2.05, 4.69) is 24.3 Å². The molecule has 0 aliphatic rings. The molecule has 0 aliphatic heterocycles. The van der Waals surface area contributed by atoms with Crippen LogP contribution in [0.5, 0.6) is 0 Å². The maximum atomic E-state index is 10.7. The molecule has 5 aromatic rings. The molecule has 0 saturated heterocycles. The quantitative estimate of drug-likeness (QED) is 0.217. The lowest BCUT2D eigenvalue weighted by Crippen LogP contribution is -1.83. The summed E-state index contributed by atoms with van der Waals surface area (Å²) in [6, 6.07) is 37.9. The van der Waals surface area contributed by atoms with Gasteiger partial charge < -0.3 is 0 Å². The normalized spacial score (nSPS) is 10.0. The Bertz CT molecular complexity index is 1390. The maximum absolute atomic E-state index is 10.7. The third-order valence-corrected chi connectivity index (χ3v) is 6.07. The Balaban J connectivity index is 0.000000186. The number of hydrogen-bond donors (Lipinski definition) is 0. The van der Waals surface area contributed by atoms with Gasteiger partial charge in [-0.05, 0) is 33.4 Å². The van der Waals surface area contributed by atoms with Crippen molar-refractivity contribution >= 4 is 25.1 Å². The van der Waals surface area contributed by atoms with Crippen molar-refractivity contribution in [3.63, 3.8) is 0 Å². The fourth-order valence-electron chi connectivity index (χ4n) is 3.87. The van der Waals surface area contributed by atoms with Gasteiger partial charge in [0.05, 0.1) is 0 Å². The first-order valence-corrected chi connectivity index (χ1v) is 12.0. The second-order valence-electron chi connectivity index (χ2n) is 8.54. The summed E-state index contributed by atoms with van der Waals surface area (Å²) in [5.41, 5.74) is 9.09. The molecule has 5 rings (SSSR count). The summed E-state index contributed by atoms with van der Waals surface area (Å²) in [6.45, 7) is 0. The minimum Gasteiger partial charge on any atom is -0.298 e. The molecule has 0 bridgehead atoms. The van der Waals surface area contributed by atoms with Crippen LogP contribution in [0.1, 0.15) is 41.4 Å². The average molecular weight is 497 g/mol. The van der Waals surface area contributed by atoms with Gasteiger partial charge in [-0.2, -0.15) is 0 Å². The molecule has 38 heavy (non-hydrogen) atoms. The van der Waals surface area contributed by atoms with Crippen LogP contribution in [0.3, 0.4) is 0 Å². The standard InChI is InChI=1S/C20H14O2.C14H10O2/c21-13-15-1-5-17(6-2-15)19-9-11-20(12-10-19)18-7-3-16(14-22)4-8-18;15-9-11-1-5-13(6-2-11)14-7-3-12(10-16)4-8-14/h1-14H;1-10H. The number of benzene rings is 5. The van der Waals surface area contributed by atoms with E-state index < -0.39 is 0 Å². The van der Waals surface area contributed by atoms with Gasteiger partial charge in [-0.15, -0.1) is 0 Å². The highest BCUT2D eigenvalue weighted by atomic mass is 16.1. The van der Waals surface area contributed by atoms with Crippen molar-refractivity contribution in [1.29, 1.82) is 0 Å². The molecule has 0 aliphatic carbocycles. The first-order valence-electron chi connectivity index (χ1n) is 12.0. The van der Waals surface area contributed by atoms with E-state index in [9.17, 15) is 19.2 Å². The van der Waals surface area contributed by atoms with Crippen LogP contribution in [0.15, 0.2) is 121 Å². The molecule has 0 heterocycles. The predicted octanol–water partition coefficient (Wildman–Crippen LogP) is 7.62. The van der Waals surface area contributed by atoms with E-state index in [0.717, 1.165) is 58.5 Å². The minimum absolute atomic E-state index is 0.660. The van der Waals surface area contributed by atoms with Crippen molar-refractivity contribution in [2.75, 3.05) is 0 Å². The van der Waals surface area contributed by atoms with Crippen LogP contribution < -0.4 is 0 Å². The van der Waals surface area contributed by atoms with Crippen LogP contribution in [0, 0.1) is 0 Å². The molecule has 5 aromatic carbocycles. The molecule has 0 unspecified atom stereocenters. The van der Waals surface area contributed by atoms with E-state index in [0.29, 0.717) is 22.3 Å². The summed E-state index contributed by atoms with van der Waals surface area (Å²) in [6.07, 6.45) is 3.32. The molecule has 0 N–H and O–H groups in total. The second kappa shape index (κ2) is 12.7. The Morgan fingerprint density at radius 1 is 0.237 bits per heavy atom. The smallest absolute Gasteiger partial charge is 0.150 e. The summed E-state index contributed by atoms with van der Waals surface area (Å²) < 4.78 is 0. The van der Waals surface area contributed by atoms with Crippen LogP contribution in [0.2, 0.25) is 0 Å². The van der Waals surface area contributed by atoms with Crippen molar-refractivity contribution in [1.82, 2.24) is 0 Å². The molecule has 4 heteroatoms. The molecule has 0 aromatic heterocycles. The number of aldehydes is 4. The fourth-order valence-corrected chi connectivity index (χ4v) is 3.87. The molecule has 0 atom stereocenters. The van der Waals surface area contributed by atoms with E-state index in [1.54, 1.807) is 24.3 Å². The Labute approximate surface area is 221 Å². The molecular formula is C34H24O4. The monoisotopic (exact) mass is 496 g/mol. The number of carbonyl (C=O) groups is 4. The van der Waals surface area contributed by atoms with Crippen molar-refractivity contribution in [3.05, 3.63) is 144 Å². The molecule has 4 nitrogen and oxygen atoms in total. The van der Waals surface area contributed by atoms with E-state index in [-0.39, 0.29) is 0 Å². The van der Waals surface area contributed by atoms with Crippen LogP contribution >= 0.6 is 0 Å². The van der Waals surface area contributed by atoms with Gasteiger partial charge in [0.15, 0.2) is 0 Å². The zero-order valence-electron chi connectivity index (χ0n) is 20.5. The van der Waals surface area contributed by atoms with Gasteiger partial charge in [0.2, 0.25) is 0 Å². The van der Waals surface area contributed by atoms with E-state index in [1.807, 2.05) is 72.8 Å². The third-order valence-electron chi connectivity index (χ3n) is 6.07. The Hall–Kier alpha value is -5.22. The Morgan fingerprint density at radius 2 is 0.368 bits per heavy atom. The van der Waals surface area contributed by atoms with E-state index in [1.165, 1.54) is 0 Å². The number of hydrogen-bond acceptors (Lipinski definition) is 4. The van der Waals surface area contributed by atoms with Crippen LogP contribution in [0.4, 0.5) is 0 Å². The van der Waals surface area contributed by atoms with Crippen molar-refractivity contribution in [2.45, 2.75) is 0 Å². The minimum atomic E-state index is 0.660. The van der Waals surface area contributed by atoms with Crippen LogP contribution in [-0.4, -0.2) is 25.1 Å². The van der Waals surface area contributed by atoms with Gasteiger partial charge in [0.25, 0.3) is 0 Å². The SMILES string of the molecule is O=Cc1ccc(-c2ccc(-c3ccc(C=O)cc3)cc2)cc1.O=Cc1ccc(-c2ccc(C=O)cc2)cc1. The lowest BCUT2D eigenvalue weighted by Gasteiger charge is -2.05. The highest BCUT2D eigenvalue weighted by molar-refractivity contribution is 5.80. The zero-order valence-corrected chi connectivity index (χ0v) is 20.5. The van der Waals surface area contributed by atoms with Gasteiger partial charge >= 0.3 is 0 Å². The van der Waals surface area contributed by atoms with Crippen molar-refractivity contribution in [2.24, 2.45) is 0 Å². The predicted molar refractivity (Wildman–Crippen MR) is 151 cm³/mol. The third kappa shape index (κ3) is 6.50. The van der Waals surface area contributed by atoms with Crippen LogP contribution in [0.25, 0.3) is 33.4 Å². The van der Waals surface area contributed by atoms with Gasteiger partial charge in [-0.1, -0.05) is 121 Å². The molecule has 0 saturated carbocycles. The average Bonchev–Trinajstić information content (AvgIpc) is 3.01. The lowest BCUT2D eigenvalue weighted by atomic mass is 9.99. The summed E-state index contributed by atoms with van der Waals surface area (Å²) in [7, 11) is 0. The molecule has 0 amide bonds. The molecule has 0 spiro atoms. The number of carbonyl (C=O) groups excluding carboxylic acids is 4. The van der Waals surface area contributed by atoms with Gasteiger partial charge in [-0.3, -0.25) is 19.2 Å². The first-order chi connectivity index (χ1) is 18.6. The highest BCUT2D eigenvalue weighted by Gasteiger charge is 2.02. The number of rotatable bonds is 7. The molecule has 0 radical (unpaired) electrons. The van der Waals surface area contributed by atoms with Crippen LogP contribution in [-0.2, 0) is 0 Å². The van der Waals surface area contributed by atoms with E-state index in [4.69, 9.17) is 0 Å². The second-order valence-corrected chi connectivity index (χ2v) is 8.54. The summed E-state index contributed by atoms with van der Waals surface area (Å²) in [5, 5.41) is 0. The van der Waals surface area contributed by atoms with Gasteiger partial charge in [-0.25, -0.2) is 0 Å². The lowest BCUT2D eigenvalue weighted by molar-refractivity contribution is 0.111. The topological polar surface area (TPSA) is 68.3 Å². The maximum Gasteiger partial charge on any atom is 0.150 e. The molecule has 0 fully saturated rings. The van der Waals surface area contributed by atoms with Crippen molar-refractivity contribution in [3.8, 4) is 33.4 Å². The van der Waals surface area contributed by atoms with Crippen molar-refractivity contribution < 1.29 is 19.2 Å². The largest absolute Gasteiger partial charge is 0.298 e. The molecular weight excluding hydrogens is 472 g/mol.